The SMILES string of the molecule is [2H]C([2H])(OCc1cc2n(n1)CCN(c1ncc(C(F)(F)F)cn1)C2)[C@H](C)Nc1cn[nH]c(=O)c1C(F)(F)F. The van der Waals surface area contributed by atoms with Crippen molar-refractivity contribution in [3.8, 4) is 0 Å². The summed E-state index contributed by atoms with van der Waals surface area (Å²) in [6.07, 6.45) is -7.43. The second kappa shape index (κ2) is 9.75. The van der Waals surface area contributed by atoms with E-state index < -0.39 is 47.3 Å². The van der Waals surface area contributed by atoms with Gasteiger partial charge >= 0.3 is 12.4 Å². The fourth-order valence-electron chi connectivity index (χ4n) is 3.49. The van der Waals surface area contributed by atoms with E-state index in [0.29, 0.717) is 36.9 Å². The first-order valence-corrected chi connectivity index (χ1v) is 10.4. The first kappa shape index (κ1) is 22.8. The highest BCUT2D eigenvalue weighted by Gasteiger charge is 2.37. The molecule has 0 saturated carbocycles. The van der Waals surface area contributed by atoms with Crippen LogP contribution in [0, 0.1) is 0 Å². The quantitative estimate of drug-likeness (QED) is 0.458. The molecule has 10 nitrogen and oxygen atoms in total. The molecule has 0 fully saturated rings. The molecule has 0 aromatic carbocycles. The van der Waals surface area contributed by atoms with E-state index in [1.165, 1.54) is 6.92 Å². The lowest BCUT2D eigenvalue weighted by Gasteiger charge is -2.27. The number of alkyl halides is 6. The lowest BCUT2D eigenvalue weighted by molar-refractivity contribution is -0.139. The van der Waals surface area contributed by atoms with Crippen LogP contribution in [0.4, 0.5) is 38.0 Å². The Kier molecular flexibility index (Phi) is 6.16. The zero-order chi connectivity index (χ0) is 27.9. The zero-order valence-electron chi connectivity index (χ0n) is 20.5. The fraction of sp³-hybridized carbons (Fsp3) is 0.450. The average molecular weight is 520 g/mol. The van der Waals surface area contributed by atoms with E-state index in [1.54, 1.807) is 20.7 Å². The Labute approximate surface area is 202 Å². The van der Waals surface area contributed by atoms with Crippen molar-refractivity contribution in [1.29, 1.82) is 0 Å². The summed E-state index contributed by atoms with van der Waals surface area (Å²) < 4.78 is 101. The van der Waals surface area contributed by atoms with Crippen molar-refractivity contribution in [2.75, 3.05) is 23.3 Å². The molecule has 3 aromatic rings. The molecule has 1 aliphatic rings. The van der Waals surface area contributed by atoms with Gasteiger partial charge in [0.2, 0.25) is 5.95 Å². The molecule has 0 bridgehead atoms. The molecule has 194 valence electrons. The maximum atomic E-state index is 13.3. The van der Waals surface area contributed by atoms with Crippen LogP contribution in [0.1, 0.15) is 32.2 Å². The van der Waals surface area contributed by atoms with E-state index >= 15 is 0 Å². The van der Waals surface area contributed by atoms with Gasteiger partial charge in [0.1, 0.15) is 5.56 Å². The molecule has 0 unspecified atom stereocenters. The van der Waals surface area contributed by atoms with E-state index in [1.807, 2.05) is 0 Å². The number of halogens is 6. The van der Waals surface area contributed by atoms with Crippen LogP contribution >= 0.6 is 0 Å². The minimum Gasteiger partial charge on any atom is -0.378 e. The third-order valence-corrected chi connectivity index (χ3v) is 5.09. The molecule has 4 rings (SSSR count). The van der Waals surface area contributed by atoms with E-state index in [0.717, 1.165) is 6.20 Å². The van der Waals surface area contributed by atoms with Gasteiger partial charge in [0, 0.05) is 25.0 Å². The Balaban J connectivity index is 1.40. The van der Waals surface area contributed by atoms with Crippen molar-refractivity contribution in [1.82, 2.24) is 29.9 Å². The zero-order valence-corrected chi connectivity index (χ0v) is 18.5. The fourth-order valence-corrected chi connectivity index (χ4v) is 3.49. The van der Waals surface area contributed by atoms with Gasteiger partial charge in [-0.3, -0.25) is 9.48 Å². The Morgan fingerprint density at radius 2 is 1.89 bits per heavy atom. The minimum atomic E-state index is -5.00. The van der Waals surface area contributed by atoms with Gasteiger partial charge in [-0.05, 0) is 13.0 Å². The Bertz CT molecular complexity index is 1340. The molecular formula is C20H20F6N8O2. The van der Waals surface area contributed by atoms with E-state index in [-0.39, 0.29) is 19.1 Å². The number of hydrogen-bond acceptors (Lipinski definition) is 8. The minimum absolute atomic E-state index is 0.104. The summed E-state index contributed by atoms with van der Waals surface area (Å²) in [5, 5.41) is 11.6. The number of aromatic amines is 1. The summed E-state index contributed by atoms with van der Waals surface area (Å²) in [6, 6.07) is 0.268. The highest BCUT2D eigenvalue weighted by Crippen LogP contribution is 2.32. The second-order valence-electron chi connectivity index (χ2n) is 7.80. The van der Waals surface area contributed by atoms with Gasteiger partial charge in [-0.2, -0.15) is 36.5 Å². The number of nitrogens with one attached hydrogen (secondary N) is 2. The lowest BCUT2D eigenvalue weighted by Crippen LogP contribution is -2.35. The number of anilines is 2. The molecule has 0 radical (unpaired) electrons. The number of H-pyrrole nitrogens is 1. The van der Waals surface area contributed by atoms with Gasteiger partial charge in [-0.25, -0.2) is 15.1 Å². The molecule has 3 aromatic heterocycles. The molecular weight excluding hydrogens is 498 g/mol. The number of fused-ring (bicyclic) bond motifs is 1. The standard InChI is InChI=1S/C20H20F6N8O2/c1-11(30-15-7-29-31-17(35)16(15)20(24,25)26)9-36-10-13-4-14-8-33(2-3-34(14)32-13)18-27-5-12(6-28-18)19(21,22)23/h4-7,11H,2-3,8-10H2,1H3,(H2,30,31,35)/t11-/m0/s1/i9D2. The molecule has 2 N–H and O–H groups in total. The summed E-state index contributed by atoms with van der Waals surface area (Å²) in [7, 11) is 0. The van der Waals surface area contributed by atoms with Gasteiger partial charge in [0.15, 0.2) is 0 Å². The highest BCUT2D eigenvalue weighted by atomic mass is 19.4. The number of rotatable bonds is 7. The molecule has 0 saturated heterocycles. The molecule has 36 heavy (non-hydrogen) atoms. The third kappa shape index (κ3) is 5.75. The van der Waals surface area contributed by atoms with Crippen molar-refractivity contribution < 1.29 is 33.8 Å². The summed E-state index contributed by atoms with van der Waals surface area (Å²) in [6.45, 7) is -0.667. The van der Waals surface area contributed by atoms with Gasteiger partial charge in [-0.15, -0.1) is 0 Å². The van der Waals surface area contributed by atoms with Gasteiger partial charge < -0.3 is 15.0 Å². The van der Waals surface area contributed by atoms with Crippen LogP contribution in [-0.4, -0.2) is 49.1 Å². The molecule has 0 spiro atoms. The summed E-state index contributed by atoms with van der Waals surface area (Å²) in [5.74, 6) is 0.104. The van der Waals surface area contributed by atoms with Gasteiger partial charge in [-0.1, -0.05) is 0 Å². The Morgan fingerprint density at radius 3 is 2.56 bits per heavy atom. The van der Waals surface area contributed by atoms with Crippen molar-refractivity contribution in [3.63, 3.8) is 0 Å². The number of aromatic nitrogens is 6. The Morgan fingerprint density at radius 1 is 1.17 bits per heavy atom. The summed E-state index contributed by atoms with van der Waals surface area (Å²) in [5.41, 5.74) is -3.72. The highest BCUT2D eigenvalue weighted by molar-refractivity contribution is 5.50. The van der Waals surface area contributed by atoms with Crippen LogP contribution in [0.2, 0.25) is 0 Å². The van der Waals surface area contributed by atoms with Crippen molar-refractivity contribution >= 4 is 11.6 Å². The topological polar surface area (TPSA) is 114 Å². The van der Waals surface area contributed by atoms with Crippen LogP contribution in [0.3, 0.4) is 0 Å². The summed E-state index contributed by atoms with van der Waals surface area (Å²) >= 11 is 0. The first-order chi connectivity index (χ1) is 17.6. The first-order valence-electron chi connectivity index (χ1n) is 11.4. The van der Waals surface area contributed by atoms with E-state index in [2.05, 4.69) is 25.5 Å². The van der Waals surface area contributed by atoms with Crippen LogP contribution in [0.5, 0.6) is 0 Å². The molecule has 0 aliphatic carbocycles. The van der Waals surface area contributed by atoms with Crippen molar-refractivity contribution in [2.45, 2.75) is 45.0 Å². The molecule has 1 atom stereocenters. The average Bonchev–Trinajstić information content (AvgIpc) is 3.24. The van der Waals surface area contributed by atoms with Crippen LogP contribution in [0.15, 0.2) is 29.5 Å². The third-order valence-electron chi connectivity index (χ3n) is 5.09. The smallest absolute Gasteiger partial charge is 0.378 e. The number of ether oxygens (including phenoxy) is 1. The van der Waals surface area contributed by atoms with E-state index in [9.17, 15) is 31.1 Å². The number of hydrogen-bond donors (Lipinski definition) is 2. The van der Waals surface area contributed by atoms with Crippen LogP contribution in [-0.2, 0) is 36.8 Å². The largest absolute Gasteiger partial charge is 0.423 e. The maximum Gasteiger partial charge on any atom is 0.423 e. The maximum absolute atomic E-state index is 13.3. The second-order valence-corrected chi connectivity index (χ2v) is 7.80. The molecule has 16 heteroatoms. The lowest BCUT2D eigenvalue weighted by atomic mass is 10.2. The molecule has 4 heterocycles. The molecule has 1 aliphatic heterocycles. The normalized spacial score (nSPS) is 16.2. The summed E-state index contributed by atoms with van der Waals surface area (Å²) in [4.78, 5) is 20.8. The van der Waals surface area contributed by atoms with Crippen molar-refractivity contribution in [3.05, 3.63) is 57.5 Å². The predicted octanol–water partition coefficient (Wildman–Crippen LogP) is 2.83. The monoisotopic (exact) mass is 520 g/mol. The van der Waals surface area contributed by atoms with E-state index in [4.69, 9.17) is 7.48 Å². The van der Waals surface area contributed by atoms with Gasteiger partial charge in [0.25, 0.3) is 5.56 Å². The number of nitrogens with zero attached hydrogens (tertiary/aromatic N) is 6. The predicted molar refractivity (Wildman–Crippen MR) is 113 cm³/mol. The van der Waals surface area contributed by atoms with Crippen molar-refractivity contribution in [2.24, 2.45) is 0 Å². The van der Waals surface area contributed by atoms with Crippen LogP contribution in [0.25, 0.3) is 0 Å². The van der Waals surface area contributed by atoms with Gasteiger partial charge in [0.05, 0.1) is 57.8 Å². The Hall–Kier alpha value is -3.69. The van der Waals surface area contributed by atoms with Crippen LogP contribution < -0.4 is 15.8 Å². The molecule has 0 amide bonds.